The van der Waals surface area contributed by atoms with Crippen molar-refractivity contribution in [3.63, 3.8) is 0 Å². The van der Waals surface area contributed by atoms with E-state index in [1.54, 1.807) is 0 Å². The van der Waals surface area contributed by atoms with Crippen LogP contribution in [0.4, 0.5) is 13.2 Å². The molecule has 22 heavy (non-hydrogen) atoms. The molecule has 1 aromatic heterocycles. The molecule has 1 fully saturated rings. The average molecular weight is 321 g/mol. The molecule has 1 amide bonds. The third-order valence-corrected chi connectivity index (χ3v) is 3.70. The molecule has 122 valence electrons. The minimum atomic E-state index is -4.87. The lowest BCUT2D eigenvalue weighted by Crippen LogP contribution is -2.58. The molecule has 2 rings (SSSR count). The first kappa shape index (κ1) is 16.3. The van der Waals surface area contributed by atoms with Crippen LogP contribution in [0.1, 0.15) is 23.2 Å². The van der Waals surface area contributed by atoms with Crippen LogP contribution in [-0.2, 0) is 7.05 Å². The molecule has 0 spiro atoms. The van der Waals surface area contributed by atoms with Crippen LogP contribution in [0.15, 0.2) is 15.8 Å². The van der Waals surface area contributed by atoms with Crippen molar-refractivity contribution in [2.45, 2.75) is 24.6 Å². The standard InChI is InChI=1S/C12H14F3N3O4/c1-17-8(19)7(5-16-10(17)21)9(20)18-4-2-3-11(22,6-18)12(13,14)15/h5,22H,2-4,6H2,1H3,(H,16,21). The summed E-state index contributed by atoms with van der Waals surface area (Å²) >= 11 is 0. The normalized spacial score (nSPS) is 22.7. The van der Waals surface area contributed by atoms with E-state index in [1.165, 1.54) is 0 Å². The molecular formula is C12H14F3N3O4. The summed E-state index contributed by atoms with van der Waals surface area (Å²) in [5.74, 6) is -0.959. The number of likely N-dealkylation sites (tertiary alicyclic amines) is 1. The molecular weight excluding hydrogens is 307 g/mol. The number of hydrogen-bond donors (Lipinski definition) is 2. The van der Waals surface area contributed by atoms with E-state index in [9.17, 15) is 32.7 Å². The Kier molecular flexibility index (Phi) is 3.90. The van der Waals surface area contributed by atoms with Crippen LogP contribution in [0.25, 0.3) is 0 Å². The number of nitrogens with one attached hydrogen (secondary N) is 1. The van der Waals surface area contributed by atoms with Gasteiger partial charge >= 0.3 is 11.9 Å². The fourth-order valence-corrected chi connectivity index (χ4v) is 2.33. The number of H-pyrrole nitrogens is 1. The zero-order valence-corrected chi connectivity index (χ0v) is 11.6. The van der Waals surface area contributed by atoms with E-state index in [2.05, 4.69) is 4.98 Å². The van der Waals surface area contributed by atoms with Crippen LogP contribution in [0.3, 0.4) is 0 Å². The summed E-state index contributed by atoms with van der Waals surface area (Å²) in [5.41, 5.74) is -5.09. The van der Waals surface area contributed by atoms with Crippen molar-refractivity contribution in [2.24, 2.45) is 7.05 Å². The fourth-order valence-electron chi connectivity index (χ4n) is 2.33. The van der Waals surface area contributed by atoms with Crippen molar-refractivity contribution in [3.05, 3.63) is 32.6 Å². The highest BCUT2D eigenvalue weighted by atomic mass is 19.4. The van der Waals surface area contributed by atoms with E-state index in [-0.39, 0.29) is 13.0 Å². The predicted octanol–water partition coefficient (Wildman–Crippen LogP) is -0.397. The second kappa shape index (κ2) is 5.27. The van der Waals surface area contributed by atoms with Gasteiger partial charge in [-0.1, -0.05) is 0 Å². The highest BCUT2D eigenvalue weighted by Crippen LogP contribution is 2.37. The molecule has 0 aromatic carbocycles. The summed E-state index contributed by atoms with van der Waals surface area (Å²) in [5, 5.41) is 9.68. The van der Waals surface area contributed by atoms with E-state index < -0.39 is 47.5 Å². The summed E-state index contributed by atoms with van der Waals surface area (Å²) in [6.07, 6.45) is -4.56. The van der Waals surface area contributed by atoms with Crippen LogP contribution in [0.5, 0.6) is 0 Å². The van der Waals surface area contributed by atoms with E-state index in [0.717, 1.165) is 18.1 Å². The number of aliphatic hydroxyl groups is 1. The van der Waals surface area contributed by atoms with Gasteiger partial charge < -0.3 is 15.0 Å². The smallest absolute Gasteiger partial charge is 0.379 e. The Morgan fingerprint density at radius 3 is 2.64 bits per heavy atom. The number of amides is 1. The van der Waals surface area contributed by atoms with Crippen molar-refractivity contribution in [3.8, 4) is 0 Å². The molecule has 0 radical (unpaired) electrons. The van der Waals surface area contributed by atoms with E-state index in [0.29, 0.717) is 4.57 Å². The Labute approximate surface area is 122 Å². The molecule has 0 bridgehead atoms. The number of hydrogen-bond acceptors (Lipinski definition) is 4. The number of carbonyl (C=O) groups is 1. The Hall–Kier alpha value is -2.10. The molecule has 1 aromatic rings. The van der Waals surface area contributed by atoms with E-state index >= 15 is 0 Å². The lowest BCUT2D eigenvalue weighted by atomic mass is 9.92. The van der Waals surface area contributed by atoms with Crippen LogP contribution in [0.2, 0.25) is 0 Å². The van der Waals surface area contributed by atoms with Gasteiger partial charge in [-0.3, -0.25) is 14.2 Å². The maximum Gasteiger partial charge on any atom is 0.418 e. The number of rotatable bonds is 1. The number of piperidine rings is 1. The Morgan fingerprint density at radius 1 is 1.41 bits per heavy atom. The van der Waals surface area contributed by atoms with E-state index in [4.69, 9.17) is 0 Å². The first-order chi connectivity index (χ1) is 10.1. The number of aromatic nitrogens is 2. The van der Waals surface area contributed by atoms with Crippen molar-refractivity contribution >= 4 is 5.91 Å². The topological polar surface area (TPSA) is 95.4 Å². The monoisotopic (exact) mass is 321 g/mol. The molecule has 2 N–H and O–H groups in total. The molecule has 2 heterocycles. The average Bonchev–Trinajstić information content (AvgIpc) is 2.43. The van der Waals surface area contributed by atoms with Crippen molar-refractivity contribution in [1.29, 1.82) is 0 Å². The molecule has 1 saturated heterocycles. The van der Waals surface area contributed by atoms with Gasteiger partial charge in [0.05, 0.1) is 6.54 Å². The largest absolute Gasteiger partial charge is 0.418 e. The van der Waals surface area contributed by atoms with Gasteiger partial charge in [0, 0.05) is 19.8 Å². The highest BCUT2D eigenvalue weighted by molar-refractivity contribution is 5.93. The van der Waals surface area contributed by atoms with Gasteiger partial charge in [0.1, 0.15) is 5.56 Å². The summed E-state index contributed by atoms with van der Waals surface area (Å²) in [4.78, 5) is 38.2. The molecule has 1 aliphatic heterocycles. The number of halogens is 3. The van der Waals surface area contributed by atoms with Gasteiger partial charge in [-0.05, 0) is 12.8 Å². The van der Waals surface area contributed by atoms with Gasteiger partial charge in [-0.2, -0.15) is 13.2 Å². The highest BCUT2D eigenvalue weighted by Gasteiger charge is 2.56. The summed E-state index contributed by atoms with van der Waals surface area (Å²) in [7, 11) is 1.14. The van der Waals surface area contributed by atoms with Gasteiger partial charge in [-0.15, -0.1) is 0 Å². The number of β-amino-alcohol motifs (C(OH)–C–C–N with tert-alkyl or cyclic N) is 1. The van der Waals surface area contributed by atoms with Gasteiger partial charge in [-0.25, -0.2) is 4.79 Å². The Balaban J connectivity index is 2.33. The first-order valence-electron chi connectivity index (χ1n) is 6.44. The SMILES string of the molecule is Cn1c(=O)[nH]cc(C(=O)N2CCCC(O)(C(F)(F)F)C2)c1=O. The van der Waals surface area contributed by atoms with Gasteiger partial charge in [0.2, 0.25) is 0 Å². The van der Waals surface area contributed by atoms with Crippen molar-refractivity contribution in [1.82, 2.24) is 14.5 Å². The summed E-state index contributed by atoms with van der Waals surface area (Å²) < 4.78 is 39.2. The quantitative estimate of drug-likeness (QED) is 0.736. The molecule has 7 nitrogen and oxygen atoms in total. The van der Waals surface area contributed by atoms with Gasteiger partial charge in [0.15, 0.2) is 5.60 Å². The third kappa shape index (κ3) is 2.65. The van der Waals surface area contributed by atoms with Gasteiger partial charge in [0.25, 0.3) is 11.5 Å². The predicted molar refractivity (Wildman–Crippen MR) is 68.4 cm³/mol. The molecule has 10 heteroatoms. The first-order valence-corrected chi connectivity index (χ1v) is 6.44. The lowest BCUT2D eigenvalue weighted by molar-refractivity contribution is -0.271. The Bertz CT molecular complexity index is 709. The number of carbonyl (C=O) groups excluding carboxylic acids is 1. The fraction of sp³-hybridized carbons (Fsp3) is 0.583. The molecule has 1 atom stereocenters. The molecule has 0 aliphatic carbocycles. The maximum absolute atomic E-state index is 12.9. The van der Waals surface area contributed by atoms with E-state index in [1.807, 2.05) is 0 Å². The number of aromatic amines is 1. The second-order valence-corrected chi connectivity index (χ2v) is 5.23. The molecule has 1 aliphatic rings. The zero-order valence-electron chi connectivity index (χ0n) is 11.6. The zero-order chi connectivity index (χ0) is 16.7. The summed E-state index contributed by atoms with van der Waals surface area (Å²) in [6.45, 7) is -0.961. The van der Waals surface area contributed by atoms with Crippen molar-refractivity contribution < 1.29 is 23.1 Å². The van der Waals surface area contributed by atoms with Crippen molar-refractivity contribution in [2.75, 3.05) is 13.1 Å². The van der Waals surface area contributed by atoms with Crippen LogP contribution in [-0.4, -0.2) is 50.3 Å². The van der Waals surface area contributed by atoms with Crippen LogP contribution < -0.4 is 11.2 Å². The number of alkyl halides is 3. The number of nitrogens with zero attached hydrogens (tertiary/aromatic N) is 2. The second-order valence-electron chi connectivity index (χ2n) is 5.23. The Morgan fingerprint density at radius 2 is 2.05 bits per heavy atom. The lowest BCUT2D eigenvalue weighted by Gasteiger charge is -2.39. The third-order valence-electron chi connectivity index (χ3n) is 3.70. The molecule has 0 saturated carbocycles. The molecule has 1 unspecified atom stereocenters. The van der Waals surface area contributed by atoms with Crippen LogP contribution >= 0.6 is 0 Å². The minimum absolute atomic E-state index is 0.0144. The minimum Gasteiger partial charge on any atom is -0.379 e. The summed E-state index contributed by atoms with van der Waals surface area (Å²) in [6, 6.07) is 0. The van der Waals surface area contributed by atoms with Crippen LogP contribution in [0, 0.1) is 0 Å². The maximum atomic E-state index is 12.9.